The van der Waals surface area contributed by atoms with Crippen molar-refractivity contribution in [2.75, 3.05) is 11.4 Å². The van der Waals surface area contributed by atoms with E-state index in [2.05, 4.69) is 4.72 Å². The van der Waals surface area contributed by atoms with Gasteiger partial charge in [0.1, 0.15) is 16.2 Å². The van der Waals surface area contributed by atoms with Crippen molar-refractivity contribution in [2.45, 2.75) is 49.5 Å². The minimum absolute atomic E-state index is 0.00941. The Hall–Kier alpha value is -3.64. The Morgan fingerprint density at radius 1 is 0.875 bits per heavy atom. The van der Waals surface area contributed by atoms with Gasteiger partial charge in [0.15, 0.2) is 23.3 Å². The summed E-state index contributed by atoms with van der Waals surface area (Å²) in [6.45, 7) is -0.615. The van der Waals surface area contributed by atoms with E-state index in [1.807, 2.05) is 24.3 Å². The van der Waals surface area contributed by atoms with Gasteiger partial charge in [-0.3, -0.25) is 9.52 Å². The molecule has 6 nitrogen and oxygen atoms in total. The van der Waals surface area contributed by atoms with E-state index < -0.39 is 58.2 Å². The summed E-state index contributed by atoms with van der Waals surface area (Å²) >= 11 is 0.0639. The van der Waals surface area contributed by atoms with Gasteiger partial charge in [-0.1, -0.05) is 43.5 Å². The van der Waals surface area contributed by atoms with E-state index in [1.54, 1.807) is 0 Å². The number of nitrogens with one attached hydrogen (secondary N) is 1. The molecule has 0 unspecified atom stereocenters. The van der Waals surface area contributed by atoms with Gasteiger partial charge < -0.3 is 15.1 Å². The lowest BCUT2D eigenvalue weighted by molar-refractivity contribution is -0.117. The number of aromatic hydroxyl groups is 1. The molecule has 12 heteroatoms. The molecular weight excluding hydrogens is 555 g/mol. The molecule has 1 amide bonds. The van der Waals surface area contributed by atoms with Crippen LogP contribution in [0.3, 0.4) is 0 Å². The zero-order valence-corrected chi connectivity index (χ0v) is 21.8. The van der Waals surface area contributed by atoms with E-state index in [1.165, 1.54) is 35.8 Å². The molecule has 1 fully saturated rings. The fourth-order valence-corrected chi connectivity index (χ4v) is 5.34. The normalized spacial score (nSPS) is 13.8. The topological polar surface area (TPSA) is 89.9 Å². The number of anilines is 1. The van der Waals surface area contributed by atoms with E-state index in [0.29, 0.717) is 11.5 Å². The summed E-state index contributed by atoms with van der Waals surface area (Å²) < 4.78 is 70.7. The number of aromatic carboxylic acids is 1. The molecule has 0 saturated heterocycles. The van der Waals surface area contributed by atoms with Crippen LogP contribution in [0.2, 0.25) is 0 Å². The van der Waals surface area contributed by atoms with E-state index in [-0.39, 0.29) is 29.7 Å². The number of halogens is 5. The van der Waals surface area contributed by atoms with Crippen LogP contribution in [0.25, 0.3) is 0 Å². The number of rotatable bonds is 9. The largest absolute Gasteiger partial charge is 0.507 e. The molecule has 0 atom stereocenters. The second kappa shape index (κ2) is 12.7. The maximum Gasteiger partial charge on any atom is 0.339 e. The van der Waals surface area contributed by atoms with Crippen molar-refractivity contribution in [2.24, 2.45) is 0 Å². The average molecular weight is 581 g/mol. The van der Waals surface area contributed by atoms with Gasteiger partial charge in [0.25, 0.3) is 0 Å². The quantitative estimate of drug-likeness (QED) is 0.114. The number of hydrogen-bond acceptors (Lipinski definition) is 5. The maximum atomic E-state index is 14.0. The number of amides is 1. The summed E-state index contributed by atoms with van der Waals surface area (Å²) in [5.74, 6) is -12.8. The molecule has 0 spiro atoms. The SMILES string of the molecule is O=C(O)c1ccc(N(Cc2ccc(C3CCCCC3)cc2)C(=O)CNSc2c(F)c(F)c(F)c(F)c2F)cc1O. The van der Waals surface area contributed by atoms with Crippen molar-refractivity contribution < 1.29 is 41.8 Å². The van der Waals surface area contributed by atoms with Crippen LogP contribution in [0.4, 0.5) is 27.6 Å². The van der Waals surface area contributed by atoms with Gasteiger partial charge in [-0.15, -0.1) is 0 Å². The Kier molecular flexibility index (Phi) is 9.31. The molecule has 0 aromatic heterocycles. The number of carbonyl (C=O) groups excluding carboxylic acids is 1. The van der Waals surface area contributed by atoms with Crippen molar-refractivity contribution >= 4 is 29.5 Å². The molecule has 1 aliphatic carbocycles. The molecule has 1 saturated carbocycles. The van der Waals surface area contributed by atoms with Crippen molar-refractivity contribution in [1.82, 2.24) is 4.72 Å². The molecule has 212 valence electrons. The van der Waals surface area contributed by atoms with Gasteiger partial charge in [-0.2, -0.15) is 0 Å². The Bertz CT molecular complexity index is 1390. The number of carboxylic acid groups (broad SMARTS) is 1. The van der Waals surface area contributed by atoms with Crippen molar-refractivity contribution in [1.29, 1.82) is 0 Å². The van der Waals surface area contributed by atoms with E-state index in [0.717, 1.165) is 25.0 Å². The maximum absolute atomic E-state index is 14.0. The van der Waals surface area contributed by atoms with Crippen LogP contribution in [-0.2, 0) is 11.3 Å². The molecule has 3 N–H and O–H groups in total. The monoisotopic (exact) mass is 580 g/mol. The lowest BCUT2D eigenvalue weighted by Gasteiger charge is -2.25. The molecular formula is C28H25F5N2O4S. The van der Waals surface area contributed by atoms with E-state index >= 15 is 0 Å². The Morgan fingerprint density at radius 3 is 2.05 bits per heavy atom. The van der Waals surface area contributed by atoms with Crippen LogP contribution >= 0.6 is 11.9 Å². The zero-order valence-electron chi connectivity index (χ0n) is 21.0. The number of hydrogen-bond donors (Lipinski definition) is 3. The van der Waals surface area contributed by atoms with Gasteiger partial charge in [-0.25, -0.2) is 26.7 Å². The first kappa shape index (κ1) is 29.3. The highest BCUT2D eigenvalue weighted by atomic mass is 32.2. The highest BCUT2D eigenvalue weighted by Gasteiger charge is 2.27. The number of benzene rings is 3. The minimum atomic E-state index is -2.29. The standard InChI is InChI=1S/C28H25F5N2O4S/c29-22-23(30)25(32)27(26(33)24(22)31)40-34-13-21(37)35(18-10-11-19(28(38)39)20(36)12-18)14-15-6-8-17(9-7-15)16-4-2-1-3-5-16/h6-12,16,34,36H,1-5,13-14H2,(H,38,39). The van der Waals surface area contributed by atoms with E-state index in [9.17, 15) is 41.8 Å². The number of nitrogens with zero attached hydrogens (tertiary/aromatic N) is 1. The lowest BCUT2D eigenvalue weighted by atomic mass is 9.84. The average Bonchev–Trinajstić information content (AvgIpc) is 2.96. The number of phenols is 1. The van der Waals surface area contributed by atoms with Crippen LogP contribution in [0.1, 0.15) is 59.5 Å². The van der Waals surface area contributed by atoms with Gasteiger partial charge in [-0.05, 0) is 54.0 Å². The fourth-order valence-electron chi connectivity index (χ4n) is 4.65. The molecule has 0 radical (unpaired) electrons. The summed E-state index contributed by atoms with van der Waals surface area (Å²) in [5.41, 5.74) is 1.65. The van der Waals surface area contributed by atoms with Gasteiger partial charge in [0, 0.05) is 11.8 Å². The molecule has 4 rings (SSSR count). The molecule has 0 bridgehead atoms. The molecule has 40 heavy (non-hydrogen) atoms. The number of carboxylic acids is 1. The fraction of sp³-hybridized carbons (Fsp3) is 0.286. The Morgan fingerprint density at radius 2 is 1.48 bits per heavy atom. The summed E-state index contributed by atoms with van der Waals surface area (Å²) in [4.78, 5) is 24.5. The van der Waals surface area contributed by atoms with Crippen LogP contribution in [0.15, 0.2) is 47.4 Å². The van der Waals surface area contributed by atoms with Crippen LogP contribution in [0.5, 0.6) is 5.75 Å². The molecule has 1 aliphatic rings. The summed E-state index contributed by atoms with van der Waals surface area (Å²) in [7, 11) is 0. The Balaban J connectivity index is 1.54. The number of carbonyl (C=O) groups is 2. The van der Waals surface area contributed by atoms with Crippen molar-refractivity contribution in [3.05, 3.63) is 88.2 Å². The second-order valence-electron chi connectivity index (χ2n) is 9.39. The first-order chi connectivity index (χ1) is 19.1. The highest BCUT2D eigenvalue weighted by molar-refractivity contribution is 7.97. The minimum Gasteiger partial charge on any atom is -0.507 e. The zero-order chi connectivity index (χ0) is 29.0. The van der Waals surface area contributed by atoms with Gasteiger partial charge in [0.05, 0.1) is 13.1 Å². The third kappa shape index (κ3) is 6.39. The molecule has 0 heterocycles. The molecule has 3 aromatic carbocycles. The summed E-state index contributed by atoms with van der Waals surface area (Å²) in [6.07, 6.45) is 5.76. The van der Waals surface area contributed by atoms with Crippen LogP contribution in [-0.4, -0.2) is 28.6 Å². The third-order valence-electron chi connectivity index (χ3n) is 6.79. The predicted octanol–water partition coefficient (Wildman–Crippen LogP) is 6.66. The first-order valence-corrected chi connectivity index (χ1v) is 13.3. The summed E-state index contributed by atoms with van der Waals surface area (Å²) in [6, 6.07) is 11.2. The van der Waals surface area contributed by atoms with Crippen molar-refractivity contribution in [3.8, 4) is 5.75 Å². The van der Waals surface area contributed by atoms with Crippen LogP contribution < -0.4 is 9.62 Å². The lowest BCUT2D eigenvalue weighted by Crippen LogP contribution is -2.36. The van der Waals surface area contributed by atoms with Gasteiger partial charge in [0.2, 0.25) is 11.7 Å². The van der Waals surface area contributed by atoms with Crippen molar-refractivity contribution in [3.63, 3.8) is 0 Å². The van der Waals surface area contributed by atoms with Crippen LogP contribution in [0, 0.1) is 29.1 Å². The molecule has 3 aromatic rings. The highest BCUT2D eigenvalue weighted by Crippen LogP contribution is 2.33. The third-order valence-corrected chi connectivity index (χ3v) is 7.64. The molecule has 0 aliphatic heterocycles. The summed E-state index contributed by atoms with van der Waals surface area (Å²) in [5, 5.41) is 19.4. The van der Waals surface area contributed by atoms with Gasteiger partial charge >= 0.3 is 5.97 Å². The predicted molar refractivity (Wildman–Crippen MR) is 139 cm³/mol. The van der Waals surface area contributed by atoms with E-state index in [4.69, 9.17) is 0 Å². The smallest absolute Gasteiger partial charge is 0.339 e. The Labute approximate surface area is 230 Å². The second-order valence-corrected chi connectivity index (χ2v) is 10.3. The first-order valence-electron chi connectivity index (χ1n) is 12.4.